The summed E-state index contributed by atoms with van der Waals surface area (Å²) in [5.74, 6) is -0.716. The maximum absolute atomic E-state index is 13.2. The van der Waals surface area contributed by atoms with Crippen LogP contribution >= 0.6 is 0 Å². The Morgan fingerprint density at radius 3 is 2.46 bits per heavy atom. The fraction of sp³-hybridized carbons (Fsp3) is 0.370. The lowest BCUT2D eigenvalue weighted by molar-refractivity contribution is 0.0185. The number of halogens is 1. The van der Waals surface area contributed by atoms with Gasteiger partial charge in [-0.2, -0.15) is 0 Å². The second-order valence-electron chi connectivity index (χ2n) is 9.63. The number of amides is 1. The van der Waals surface area contributed by atoms with Crippen molar-refractivity contribution in [2.45, 2.75) is 45.3 Å². The zero-order chi connectivity index (χ0) is 25.0. The van der Waals surface area contributed by atoms with Crippen molar-refractivity contribution in [1.82, 2.24) is 15.2 Å². The molecule has 7 nitrogen and oxygen atoms in total. The predicted molar refractivity (Wildman–Crippen MR) is 131 cm³/mol. The van der Waals surface area contributed by atoms with E-state index in [1.54, 1.807) is 35.2 Å². The van der Waals surface area contributed by atoms with Crippen LogP contribution in [0.15, 0.2) is 54.6 Å². The first-order valence-corrected chi connectivity index (χ1v) is 11.7. The molecule has 1 aromatic heterocycles. The first-order valence-electron chi connectivity index (χ1n) is 11.7. The van der Waals surface area contributed by atoms with Crippen molar-refractivity contribution in [2.24, 2.45) is 0 Å². The smallest absolute Gasteiger partial charge is 0.410 e. The monoisotopic (exact) mass is 479 g/mol. The van der Waals surface area contributed by atoms with Gasteiger partial charge in [0.15, 0.2) is 0 Å². The number of hydrogen-bond donors (Lipinski definition) is 1. The Morgan fingerprint density at radius 2 is 1.77 bits per heavy atom. The van der Waals surface area contributed by atoms with E-state index in [-0.39, 0.29) is 24.7 Å². The summed E-state index contributed by atoms with van der Waals surface area (Å²) in [6.07, 6.45) is 1.22. The lowest BCUT2D eigenvalue weighted by Gasteiger charge is -2.33. The number of piperidine rings is 1. The predicted octanol–water partition coefficient (Wildman–Crippen LogP) is 5.14. The highest BCUT2D eigenvalue weighted by molar-refractivity contribution is 5.94. The van der Waals surface area contributed by atoms with Crippen molar-refractivity contribution in [3.05, 3.63) is 66.0 Å². The van der Waals surface area contributed by atoms with Gasteiger partial charge in [-0.05, 0) is 82.1 Å². The minimum atomic E-state index is -0.510. The number of ether oxygens (including phenoxy) is 2. The molecule has 1 aliphatic heterocycles. The highest BCUT2D eigenvalue weighted by Crippen LogP contribution is 2.22. The number of fused-ring (bicyclic) bond motifs is 1. The van der Waals surface area contributed by atoms with Crippen LogP contribution in [-0.2, 0) is 9.47 Å². The van der Waals surface area contributed by atoms with Crippen molar-refractivity contribution in [3.8, 4) is 11.3 Å². The molecular weight excluding hydrogens is 449 g/mol. The number of rotatable bonds is 5. The molecule has 1 N–H and O–H groups in total. The third kappa shape index (κ3) is 6.54. The van der Waals surface area contributed by atoms with Crippen molar-refractivity contribution in [1.29, 1.82) is 0 Å². The molecule has 1 fully saturated rings. The standard InChI is InChI=1S/C27H30FN3O4/c1-27(2,3)35-26(33)31-14-12-22(13-15-31)29-17-34-25(32)20-7-11-24-19(16-20)6-10-23(30-24)18-4-8-21(28)9-5-18/h4-11,16,22,29H,12-15,17H2,1-3H3. The second-order valence-corrected chi connectivity index (χ2v) is 9.63. The molecule has 0 unspecified atom stereocenters. The van der Waals surface area contributed by atoms with Crippen LogP contribution in [0.4, 0.5) is 9.18 Å². The fourth-order valence-corrected chi connectivity index (χ4v) is 3.94. The van der Waals surface area contributed by atoms with Gasteiger partial charge in [-0.25, -0.2) is 19.0 Å². The van der Waals surface area contributed by atoms with Crippen molar-refractivity contribution >= 4 is 23.0 Å². The van der Waals surface area contributed by atoms with E-state index in [0.717, 1.165) is 35.0 Å². The number of nitrogens with zero attached hydrogens (tertiary/aromatic N) is 2. The van der Waals surface area contributed by atoms with Crippen LogP contribution in [0.2, 0.25) is 0 Å². The summed E-state index contributed by atoms with van der Waals surface area (Å²) in [6, 6.07) is 15.3. The number of carbonyl (C=O) groups excluding carboxylic acids is 2. The summed E-state index contributed by atoms with van der Waals surface area (Å²) in [5.41, 5.74) is 2.22. The minimum Gasteiger partial charge on any atom is -0.446 e. The molecule has 0 atom stereocenters. The Bertz CT molecular complexity index is 1200. The van der Waals surface area contributed by atoms with E-state index in [9.17, 15) is 14.0 Å². The minimum absolute atomic E-state index is 0.0930. The van der Waals surface area contributed by atoms with Crippen molar-refractivity contribution in [3.63, 3.8) is 0 Å². The average Bonchev–Trinajstić information content (AvgIpc) is 2.83. The lowest BCUT2D eigenvalue weighted by Crippen LogP contribution is -2.47. The van der Waals surface area contributed by atoms with E-state index in [1.807, 2.05) is 32.9 Å². The van der Waals surface area contributed by atoms with Gasteiger partial charge in [-0.15, -0.1) is 0 Å². The van der Waals surface area contributed by atoms with Crippen molar-refractivity contribution < 1.29 is 23.5 Å². The van der Waals surface area contributed by atoms with Crippen LogP contribution < -0.4 is 5.32 Å². The first kappa shape index (κ1) is 24.6. The molecule has 0 spiro atoms. The van der Waals surface area contributed by atoms with Gasteiger partial charge in [0.1, 0.15) is 18.1 Å². The van der Waals surface area contributed by atoms with E-state index >= 15 is 0 Å². The normalized spacial score (nSPS) is 14.7. The van der Waals surface area contributed by atoms with Crippen LogP contribution in [0.5, 0.6) is 0 Å². The largest absolute Gasteiger partial charge is 0.446 e. The van der Waals surface area contributed by atoms with Crippen molar-refractivity contribution in [2.75, 3.05) is 19.8 Å². The number of likely N-dealkylation sites (tertiary alicyclic amines) is 1. The van der Waals surface area contributed by atoms with E-state index < -0.39 is 11.6 Å². The Balaban J connectivity index is 1.27. The Kier molecular flexibility index (Phi) is 7.31. The van der Waals surface area contributed by atoms with Crippen LogP contribution in [0.25, 0.3) is 22.2 Å². The van der Waals surface area contributed by atoms with E-state index in [0.29, 0.717) is 18.7 Å². The third-order valence-electron chi connectivity index (χ3n) is 5.79. The molecule has 0 bridgehead atoms. The molecule has 1 saturated heterocycles. The fourth-order valence-electron chi connectivity index (χ4n) is 3.94. The van der Waals surface area contributed by atoms with Gasteiger partial charge in [0.2, 0.25) is 0 Å². The van der Waals surface area contributed by atoms with Gasteiger partial charge in [0.05, 0.1) is 16.8 Å². The Hall–Kier alpha value is -3.52. The van der Waals surface area contributed by atoms with Gasteiger partial charge in [-0.3, -0.25) is 5.32 Å². The lowest BCUT2D eigenvalue weighted by atomic mass is 10.1. The van der Waals surface area contributed by atoms with E-state index in [1.165, 1.54) is 12.1 Å². The zero-order valence-electron chi connectivity index (χ0n) is 20.2. The van der Waals surface area contributed by atoms with E-state index in [2.05, 4.69) is 10.3 Å². The second kappa shape index (κ2) is 10.4. The highest BCUT2D eigenvalue weighted by atomic mass is 19.1. The highest BCUT2D eigenvalue weighted by Gasteiger charge is 2.26. The number of carbonyl (C=O) groups is 2. The molecule has 0 radical (unpaired) electrons. The molecule has 8 heteroatoms. The molecule has 35 heavy (non-hydrogen) atoms. The Labute approximate surface area is 204 Å². The molecule has 0 aliphatic carbocycles. The van der Waals surface area contributed by atoms with Gasteiger partial charge in [0.25, 0.3) is 0 Å². The molecule has 1 amide bonds. The molecule has 2 aromatic carbocycles. The SMILES string of the molecule is CC(C)(C)OC(=O)N1CCC(NCOC(=O)c2ccc3nc(-c4ccc(F)cc4)ccc3c2)CC1. The summed E-state index contributed by atoms with van der Waals surface area (Å²) < 4.78 is 24.0. The molecular formula is C27H30FN3O4. The number of benzene rings is 2. The average molecular weight is 480 g/mol. The van der Waals surface area contributed by atoms with E-state index in [4.69, 9.17) is 9.47 Å². The van der Waals surface area contributed by atoms with Crippen LogP contribution in [-0.4, -0.2) is 53.4 Å². The quantitative estimate of drug-likeness (QED) is 0.403. The molecule has 184 valence electrons. The molecule has 0 saturated carbocycles. The molecule has 1 aliphatic rings. The summed E-state index contributed by atoms with van der Waals surface area (Å²) in [5, 5.41) is 4.05. The zero-order valence-corrected chi connectivity index (χ0v) is 20.2. The number of hydrogen-bond acceptors (Lipinski definition) is 6. The summed E-state index contributed by atoms with van der Waals surface area (Å²) >= 11 is 0. The van der Waals surface area contributed by atoms with Crippen LogP contribution in [0, 0.1) is 5.82 Å². The number of nitrogens with one attached hydrogen (secondary N) is 1. The maximum atomic E-state index is 13.2. The summed E-state index contributed by atoms with van der Waals surface area (Å²) in [6.45, 7) is 6.84. The number of aromatic nitrogens is 1. The Morgan fingerprint density at radius 1 is 1.06 bits per heavy atom. The topological polar surface area (TPSA) is 80.8 Å². The third-order valence-corrected chi connectivity index (χ3v) is 5.79. The number of pyridine rings is 1. The first-order chi connectivity index (χ1) is 16.7. The van der Waals surface area contributed by atoms with Gasteiger partial charge < -0.3 is 14.4 Å². The maximum Gasteiger partial charge on any atom is 0.410 e. The molecule has 2 heterocycles. The van der Waals surface area contributed by atoms with Gasteiger partial charge >= 0.3 is 12.1 Å². The number of esters is 1. The summed E-state index contributed by atoms with van der Waals surface area (Å²) in [4.78, 5) is 31.0. The molecule has 4 rings (SSSR count). The van der Waals surface area contributed by atoms with Gasteiger partial charge in [0, 0.05) is 30.1 Å². The molecule has 3 aromatic rings. The summed E-state index contributed by atoms with van der Waals surface area (Å²) in [7, 11) is 0. The van der Waals surface area contributed by atoms with Crippen LogP contribution in [0.3, 0.4) is 0 Å². The van der Waals surface area contributed by atoms with Gasteiger partial charge in [-0.1, -0.05) is 6.07 Å². The van der Waals surface area contributed by atoms with Crippen LogP contribution in [0.1, 0.15) is 44.0 Å².